The van der Waals surface area contributed by atoms with E-state index in [0.717, 1.165) is 27.7 Å². The van der Waals surface area contributed by atoms with Crippen LogP contribution >= 0.6 is 0 Å². The number of hydrogen-bond acceptors (Lipinski definition) is 3. The van der Waals surface area contributed by atoms with Crippen LogP contribution in [0.25, 0.3) is 11.0 Å². The third kappa shape index (κ3) is 3.24. The van der Waals surface area contributed by atoms with Gasteiger partial charge in [-0.3, -0.25) is 0 Å². The van der Waals surface area contributed by atoms with Crippen LogP contribution in [0.15, 0.2) is 79.1 Å². The lowest BCUT2D eigenvalue weighted by molar-refractivity contribution is 0.345. The summed E-state index contributed by atoms with van der Waals surface area (Å²) in [5, 5.41) is 0.953. The third-order valence-electron chi connectivity index (χ3n) is 5.57. The van der Waals surface area contributed by atoms with Gasteiger partial charge in [-0.15, -0.1) is 0 Å². The van der Waals surface area contributed by atoms with Gasteiger partial charge in [-0.1, -0.05) is 54.6 Å². The molecule has 1 N–H and O–H groups in total. The minimum absolute atomic E-state index is 0.00683. The lowest BCUT2D eigenvalue weighted by Crippen LogP contribution is -2.41. The van der Waals surface area contributed by atoms with Crippen molar-refractivity contribution in [1.29, 1.82) is 0 Å². The van der Waals surface area contributed by atoms with E-state index < -0.39 is 10.0 Å². The van der Waals surface area contributed by atoms with Gasteiger partial charge in [-0.25, -0.2) is 13.4 Å². The maximum absolute atomic E-state index is 13.5. The van der Waals surface area contributed by atoms with Gasteiger partial charge >= 0.3 is 0 Å². The summed E-state index contributed by atoms with van der Waals surface area (Å²) in [5.41, 5.74) is 4.75. The first-order valence-corrected chi connectivity index (χ1v) is 11.3. The van der Waals surface area contributed by atoms with E-state index in [1.165, 1.54) is 5.56 Å². The number of aromatic nitrogens is 2. The van der Waals surface area contributed by atoms with Crippen molar-refractivity contribution in [3.8, 4) is 0 Å². The zero-order chi connectivity index (χ0) is 19.8. The zero-order valence-corrected chi connectivity index (χ0v) is 16.6. The van der Waals surface area contributed by atoms with Crippen LogP contribution in [0.4, 0.5) is 0 Å². The SMILES string of the molecule is O=S(=O)(Cc1ccccc1)N1CCc2ccccc2[C@H]1c1c[nH]c2ncccc12. The average Bonchev–Trinajstić information content (AvgIpc) is 3.17. The Morgan fingerprint density at radius 1 is 0.966 bits per heavy atom. The predicted molar refractivity (Wildman–Crippen MR) is 114 cm³/mol. The number of aromatic amines is 1. The highest BCUT2D eigenvalue weighted by Crippen LogP contribution is 2.40. The smallest absolute Gasteiger partial charge is 0.219 e. The van der Waals surface area contributed by atoms with Crippen molar-refractivity contribution in [2.75, 3.05) is 6.54 Å². The minimum atomic E-state index is -3.52. The van der Waals surface area contributed by atoms with Gasteiger partial charge in [0.1, 0.15) is 5.65 Å². The molecule has 0 saturated carbocycles. The molecule has 0 fully saturated rings. The van der Waals surface area contributed by atoms with Crippen molar-refractivity contribution >= 4 is 21.1 Å². The van der Waals surface area contributed by atoms with E-state index in [0.29, 0.717) is 13.0 Å². The molecule has 6 heteroatoms. The van der Waals surface area contributed by atoms with Gasteiger partial charge in [0.25, 0.3) is 0 Å². The Hall–Kier alpha value is -2.96. The second-order valence-corrected chi connectivity index (χ2v) is 9.27. The van der Waals surface area contributed by atoms with E-state index in [-0.39, 0.29) is 11.8 Å². The van der Waals surface area contributed by atoms with Crippen LogP contribution in [0, 0.1) is 0 Å². The molecule has 0 radical (unpaired) electrons. The summed E-state index contributed by atoms with van der Waals surface area (Å²) in [6.45, 7) is 0.462. The fourth-order valence-electron chi connectivity index (χ4n) is 4.24. The largest absolute Gasteiger partial charge is 0.346 e. The summed E-state index contributed by atoms with van der Waals surface area (Å²) in [5.74, 6) is -0.00683. The van der Waals surface area contributed by atoms with E-state index in [1.807, 2.05) is 66.9 Å². The molecule has 1 aliphatic rings. The summed E-state index contributed by atoms with van der Waals surface area (Å²) < 4.78 is 28.7. The Labute approximate surface area is 170 Å². The molecule has 1 aliphatic heterocycles. The molecule has 0 unspecified atom stereocenters. The van der Waals surface area contributed by atoms with Crippen LogP contribution in [-0.2, 0) is 22.2 Å². The van der Waals surface area contributed by atoms with Gasteiger partial charge in [0, 0.05) is 29.9 Å². The highest BCUT2D eigenvalue weighted by atomic mass is 32.2. The van der Waals surface area contributed by atoms with Gasteiger partial charge < -0.3 is 4.98 Å². The Morgan fingerprint density at radius 3 is 2.62 bits per heavy atom. The number of hydrogen-bond donors (Lipinski definition) is 1. The van der Waals surface area contributed by atoms with Crippen LogP contribution in [0.2, 0.25) is 0 Å². The molecule has 1 atom stereocenters. The normalized spacial score (nSPS) is 17.3. The van der Waals surface area contributed by atoms with Crippen molar-refractivity contribution in [3.63, 3.8) is 0 Å². The predicted octanol–water partition coefficient (Wildman–Crippen LogP) is 4.04. The highest BCUT2D eigenvalue weighted by Gasteiger charge is 2.37. The van der Waals surface area contributed by atoms with Gasteiger partial charge in [0.15, 0.2) is 0 Å². The molecule has 146 valence electrons. The lowest BCUT2D eigenvalue weighted by atomic mass is 9.90. The summed E-state index contributed by atoms with van der Waals surface area (Å²) >= 11 is 0. The summed E-state index contributed by atoms with van der Waals surface area (Å²) in [6, 6.07) is 21.0. The summed E-state index contributed by atoms with van der Waals surface area (Å²) in [4.78, 5) is 7.59. The van der Waals surface area contributed by atoms with Crippen molar-refractivity contribution < 1.29 is 8.42 Å². The number of benzene rings is 2. The number of rotatable bonds is 4. The van der Waals surface area contributed by atoms with E-state index in [1.54, 1.807) is 10.5 Å². The van der Waals surface area contributed by atoms with Crippen LogP contribution in [0.3, 0.4) is 0 Å². The topological polar surface area (TPSA) is 66.1 Å². The molecule has 0 spiro atoms. The molecule has 0 aliphatic carbocycles. The molecular formula is C23H21N3O2S. The van der Waals surface area contributed by atoms with Crippen LogP contribution in [0.5, 0.6) is 0 Å². The van der Waals surface area contributed by atoms with Crippen molar-refractivity contribution in [2.45, 2.75) is 18.2 Å². The van der Waals surface area contributed by atoms with Gasteiger partial charge in [-0.05, 0) is 35.2 Å². The fourth-order valence-corrected chi connectivity index (χ4v) is 5.93. The monoisotopic (exact) mass is 403 g/mol. The van der Waals surface area contributed by atoms with Crippen molar-refractivity contribution in [1.82, 2.24) is 14.3 Å². The van der Waals surface area contributed by atoms with E-state index in [2.05, 4.69) is 16.0 Å². The number of pyridine rings is 1. The van der Waals surface area contributed by atoms with Crippen LogP contribution in [-0.4, -0.2) is 29.2 Å². The number of nitrogens with zero attached hydrogens (tertiary/aromatic N) is 2. The first kappa shape index (κ1) is 18.1. The summed E-state index contributed by atoms with van der Waals surface area (Å²) in [6.07, 6.45) is 4.35. The van der Waals surface area contributed by atoms with Gasteiger partial charge in [0.05, 0.1) is 11.8 Å². The Balaban J connectivity index is 1.65. The molecule has 2 aromatic carbocycles. The standard InChI is InChI=1S/C23H21N3O2S/c27-29(28,16-17-7-2-1-3-8-17)26-14-12-18-9-4-5-10-19(18)22(26)21-15-25-23-20(21)11-6-13-24-23/h1-11,13,15,22H,12,14,16H2,(H,24,25)/t22-/m0/s1. The van der Waals surface area contributed by atoms with Crippen LogP contribution in [0.1, 0.15) is 28.3 Å². The fraction of sp³-hybridized carbons (Fsp3) is 0.174. The molecule has 2 aromatic heterocycles. The summed E-state index contributed by atoms with van der Waals surface area (Å²) in [7, 11) is -3.52. The van der Waals surface area contributed by atoms with Crippen molar-refractivity contribution in [3.05, 3.63) is 101 Å². The highest BCUT2D eigenvalue weighted by molar-refractivity contribution is 7.88. The molecule has 0 saturated heterocycles. The molecule has 0 amide bonds. The molecule has 29 heavy (non-hydrogen) atoms. The van der Waals surface area contributed by atoms with Gasteiger partial charge in [0.2, 0.25) is 10.0 Å². The number of sulfonamides is 1. The third-order valence-corrected chi connectivity index (χ3v) is 7.37. The Morgan fingerprint density at radius 2 is 1.76 bits per heavy atom. The maximum Gasteiger partial charge on any atom is 0.219 e. The maximum atomic E-state index is 13.5. The van der Waals surface area contributed by atoms with E-state index in [4.69, 9.17) is 0 Å². The van der Waals surface area contributed by atoms with E-state index in [9.17, 15) is 8.42 Å². The first-order chi connectivity index (χ1) is 14.1. The van der Waals surface area contributed by atoms with Gasteiger partial charge in [-0.2, -0.15) is 4.31 Å². The average molecular weight is 404 g/mol. The molecule has 5 rings (SSSR count). The molecule has 3 heterocycles. The van der Waals surface area contributed by atoms with E-state index >= 15 is 0 Å². The number of H-pyrrole nitrogens is 1. The number of nitrogens with one attached hydrogen (secondary N) is 1. The quantitative estimate of drug-likeness (QED) is 0.559. The second kappa shape index (κ2) is 7.13. The Kier molecular flexibility index (Phi) is 4.45. The Bertz CT molecular complexity index is 1270. The molecule has 5 nitrogen and oxygen atoms in total. The first-order valence-electron chi connectivity index (χ1n) is 9.67. The van der Waals surface area contributed by atoms with Crippen molar-refractivity contribution in [2.24, 2.45) is 0 Å². The zero-order valence-electron chi connectivity index (χ0n) is 15.8. The number of fused-ring (bicyclic) bond motifs is 2. The minimum Gasteiger partial charge on any atom is -0.346 e. The lowest BCUT2D eigenvalue weighted by Gasteiger charge is -2.36. The second-order valence-electron chi connectivity index (χ2n) is 7.35. The molecule has 0 bridgehead atoms. The molecule has 4 aromatic rings. The molecular weight excluding hydrogens is 382 g/mol. The van der Waals surface area contributed by atoms with Crippen LogP contribution < -0.4 is 0 Å².